The molecule has 0 bridgehead atoms. The van der Waals surface area contributed by atoms with Crippen LogP contribution in [-0.2, 0) is 4.57 Å². The molecule has 27 heavy (non-hydrogen) atoms. The predicted molar refractivity (Wildman–Crippen MR) is 114 cm³/mol. The summed E-state index contributed by atoms with van der Waals surface area (Å²) in [5.41, 5.74) is 2.44. The Morgan fingerprint density at radius 3 is 1.26 bits per heavy atom. The first-order valence-electron chi connectivity index (χ1n) is 9.55. The molecule has 2 aromatic rings. The van der Waals surface area contributed by atoms with E-state index in [-0.39, 0.29) is 0 Å². The van der Waals surface area contributed by atoms with Crippen molar-refractivity contribution in [2.75, 3.05) is 62.2 Å². The van der Waals surface area contributed by atoms with Crippen molar-refractivity contribution in [3.8, 4) is 0 Å². The summed E-state index contributed by atoms with van der Waals surface area (Å²) in [6.45, 7) is 3.34. The van der Waals surface area contributed by atoms with Gasteiger partial charge in [-0.1, -0.05) is 36.4 Å². The molecule has 2 fully saturated rings. The highest BCUT2D eigenvalue weighted by atomic mass is 35.7. The number of para-hydroxylation sites is 2. The van der Waals surface area contributed by atoms with Crippen molar-refractivity contribution in [1.29, 1.82) is 0 Å². The Kier molecular flexibility index (Phi) is 5.74. The number of piperazine rings is 2. The summed E-state index contributed by atoms with van der Waals surface area (Å²) < 4.78 is 17.4. The first-order valence-corrected chi connectivity index (χ1v) is 12.1. The Bertz CT molecular complexity index is 712. The molecule has 2 saturated heterocycles. The average molecular weight is 405 g/mol. The number of hydrogen-bond donors (Lipinski definition) is 0. The van der Waals surface area contributed by atoms with Gasteiger partial charge in [-0.15, -0.1) is 0 Å². The highest BCUT2D eigenvalue weighted by molar-refractivity contribution is 7.85. The minimum atomic E-state index is -2.99. The fourth-order valence-electron chi connectivity index (χ4n) is 3.86. The second kappa shape index (κ2) is 8.24. The zero-order valence-corrected chi connectivity index (χ0v) is 17.1. The van der Waals surface area contributed by atoms with Crippen molar-refractivity contribution in [1.82, 2.24) is 9.34 Å². The molecule has 0 radical (unpaired) electrons. The molecule has 5 nitrogen and oxygen atoms in total. The van der Waals surface area contributed by atoms with Crippen LogP contribution in [0.2, 0.25) is 0 Å². The van der Waals surface area contributed by atoms with E-state index < -0.39 is 6.80 Å². The van der Waals surface area contributed by atoms with Crippen LogP contribution in [0.15, 0.2) is 60.7 Å². The molecule has 2 aliphatic rings. The minimum Gasteiger partial charge on any atom is -0.369 e. The van der Waals surface area contributed by atoms with E-state index in [1.54, 1.807) is 0 Å². The van der Waals surface area contributed by atoms with Gasteiger partial charge in [-0.25, -0.2) is 9.34 Å². The van der Waals surface area contributed by atoms with Crippen LogP contribution in [0.25, 0.3) is 0 Å². The average Bonchev–Trinajstić information content (AvgIpc) is 2.75. The quantitative estimate of drug-likeness (QED) is 0.719. The predicted octanol–water partition coefficient (Wildman–Crippen LogP) is 3.98. The summed E-state index contributed by atoms with van der Waals surface area (Å²) in [7, 11) is 0. The normalized spacial score (nSPS) is 20.0. The number of halogens is 1. The van der Waals surface area contributed by atoms with Crippen molar-refractivity contribution < 1.29 is 4.57 Å². The molecular weight excluding hydrogens is 379 g/mol. The summed E-state index contributed by atoms with van der Waals surface area (Å²) in [6, 6.07) is 20.8. The fourth-order valence-corrected chi connectivity index (χ4v) is 6.47. The maximum Gasteiger partial charge on any atom is 0.304 e. The highest BCUT2D eigenvalue weighted by Gasteiger charge is 2.38. The third kappa shape index (κ3) is 4.17. The van der Waals surface area contributed by atoms with Crippen molar-refractivity contribution in [3.63, 3.8) is 0 Å². The molecule has 4 rings (SSSR count). The van der Waals surface area contributed by atoms with E-state index >= 15 is 0 Å². The van der Waals surface area contributed by atoms with Crippen molar-refractivity contribution >= 4 is 29.4 Å². The number of anilines is 2. The molecule has 0 atom stereocenters. The summed E-state index contributed by atoms with van der Waals surface area (Å²) in [6.07, 6.45) is 0. The summed E-state index contributed by atoms with van der Waals surface area (Å²) in [5, 5.41) is 0. The van der Waals surface area contributed by atoms with Crippen LogP contribution >= 0.6 is 18.0 Å². The smallest absolute Gasteiger partial charge is 0.304 e. The van der Waals surface area contributed by atoms with Gasteiger partial charge < -0.3 is 9.80 Å². The second-order valence-electron chi connectivity index (χ2n) is 7.03. The fraction of sp³-hybridized carbons (Fsp3) is 0.400. The van der Waals surface area contributed by atoms with Gasteiger partial charge in [-0.2, -0.15) is 0 Å². The Morgan fingerprint density at radius 2 is 0.926 bits per heavy atom. The van der Waals surface area contributed by atoms with Crippen LogP contribution in [0.4, 0.5) is 11.4 Å². The monoisotopic (exact) mass is 404 g/mol. The molecule has 0 amide bonds. The highest BCUT2D eigenvalue weighted by Crippen LogP contribution is 2.58. The van der Waals surface area contributed by atoms with E-state index in [4.69, 9.17) is 11.2 Å². The maximum absolute atomic E-state index is 13.4. The largest absolute Gasteiger partial charge is 0.369 e. The standard InChI is InChI=1S/C20H26ClN4OP/c21-27(26,24-15-11-22(12-16-24)19-7-3-1-4-8-19)25-17-13-23(14-18-25)20-9-5-2-6-10-20/h1-10H,11-18H2. The number of nitrogens with zero attached hydrogens (tertiary/aromatic N) is 4. The van der Waals surface area contributed by atoms with Crippen molar-refractivity contribution in [2.45, 2.75) is 0 Å². The van der Waals surface area contributed by atoms with Crippen LogP contribution in [0.5, 0.6) is 0 Å². The van der Waals surface area contributed by atoms with Gasteiger partial charge in [0.05, 0.1) is 0 Å². The van der Waals surface area contributed by atoms with Crippen LogP contribution in [0.1, 0.15) is 0 Å². The molecule has 2 aromatic carbocycles. The molecule has 0 unspecified atom stereocenters. The molecular formula is C20H26ClN4OP. The lowest BCUT2D eigenvalue weighted by atomic mass is 10.2. The van der Waals surface area contributed by atoms with Gasteiger partial charge in [0.25, 0.3) is 0 Å². The van der Waals surface area contributed by atoms with E-state index in [1.807, 2.05) is 21.5 Å². The molecule has 0 aromatic heterocycles. The third-order valence-electron chi connectivity index (χ3n) is 5.45. The Labute approximate surface area is 166 Å². The van der Waals surface area contributed by atoms with E-state index in [1.165, 1.54) is 11.4 Å². The SMILES string of the molecule is O=P(Cl)(N1CCN(c2ccccc2)CC1)N1CCN(c2ccccc2)CC1. The molecule has 0 saturated carbocycles. The third-order valence-corrected chi connectivity index (χ3v) is 8.93. The summed E-state index contributed by atoms with van der Waals surface area (Å²) >= 11 is 6.65. The zero-order valence-electron chi connectivity index (χ0n) is 15.5. The van der Waals surface area contributed by atoms with Crippen molar-refractivity contribution in [2.24, 2.45) is 0 Å². The van der Waals surface area contributed by atoms with Gasteiger partial charge in [0.1, 0.15) is 0 Å². The van der Waals surface area contributed by atoms with Gasteiger partial charge in [0.2, 0.25) is 0 Å². The van der Waals surface area contributed by atoms with Gasteiger partial charge in [0, 0.05) is 63.7 Å². The van der Waals surface area contributed by atoms with Crippen LogP contribution < -0.4 is 9.80 Å². The van der Waals surface area contributed by atoms with Crippen LogP contribution in [0, 0.1) is 0 Å². The molecule has 7 heteroatoms. The van der Waals surface area contributed by atoms with Gasteiger partial charge >= 0.3 is 6.80 Å². The number of rotatable bonds is 4. The van der Waals surface area contributed by atoms with Crippen LogP contribution in [-0.4, -0.2) is 61.7 Å². The van der Waals surface area contributed by atoms with E-state index in [0.717, 1.165) is 52.4 Å². The first-order chi connectivity index (χ1) is 13.1. The van der Waals surface area contributed by atoms with Gasteiger partial charge in [0.15, 0.2) is 0 Å². The second-order valence-corrected chi connectivity index (χ2v) is 10.4. The Hall–Kier alpha value is -1.52. The molecule has 2 heterocycles. The molecule has 0 spiro atoms. The van der Waals surface area contributed by atoms with E-state index in [9.17, 15) is 4.57 Å². The lowest BCUT2D eigenvalue weighted by molar-refractivity contribution is 0.320. The first kappa shape index (κ1) is 18.8. The number of hydrogen-bond acceptors (Lipinski definition) is 3. The van der Waals surface area contributed by atoms with Crippen molar-refractivity contribution in [3.05, 3.63) is 60.7 Å². The molecule has 2 aliphatic heterocycles. The molecule has 144 valence electrons. The Morgan fingerprint density at radius 1 is 0.593 bits per heavy atom. The molecule has 0 N–H and O–H groups in total. The van der Waals surface area contributed by atoms with Gasteiger partial charge in [-0.3, -0.25) is 4.57 Å². The topological polar surface area (TPSA) is 30.0 Å². The summed E-state index contributed by atoms with van der Waals surface area (Å²) in [5.74, 6) is 0. The lowest BCUT2D eigenvalue weighted by Crippen LogP contribution is -2.50. The Balaban J connectivity index is 1.34. The van der Waals surface area contributed by atoms with E-state index in [2.05, 4.69) is 58.3 Å². The van der Waals surface area contributed by atoms with E-state index in [0.29, 0.717) is 0 Å². The summed E-state index contributed by atoms with van der Waals surface area (Å²) in [4.78, 5) is 4.67. The maximum atomic E-state index is 13.4. The molecule has 0 aliphatic carbocycles. The number of benzene rings is 2. The zero-order chi connectivity index (χ0) is 18.7. The van der Waals surface area contributed by atoms with Crippen LogP contribution in [0.3, 0.4) is 0 Å². The lowest BCUT2D eigenvalue weighted by Gasteiger charge is -2.44. The minimum absolute atomic E-state index is 0.731. The van der Waals surface area contributed by atoms with Gasteiger partial charge in [-0.05, 0) is 35.5 Å².